The lowest BCUT2D eigenvalue weighted by atomic mass is 10.5. The zero-order valence-electron chi connectivity index (χ0n) is 5.87. The molecular formula is C6H10NO3. The van der Waals surface area contributed by atoms with Gasteiger partial charge in [0.1, 0.15) is 0 Å². The molecule has 0 N–H and O–H groups in total. The van der Waals surface area contributed by atoms with Gasteiger partial charge in [-0.05, 0) is 0 Å². The third-order valence-electron chi connectivity index (χ3n) is 1.30. The number of carbonyl (C=O) groups excluding carboxylic acids is 1. The van der Waals surface area contributed by atoms with Crippen LogP contribution in [-0.4, -0.2) is 37.9 Å². The highest BCUT2D eigenvalue weighted by Gasteiger charge is 2.16. The van der Waals surface area contributed by atoms with E-state index in [-0.39, 0.29) is 6.09 Å². The molecule has 1 fully saturated rings. The van der Waals surface area contributed by atoms with Crippen LogP contribution in [0.15, 0.2) is 0 Å². The fourth-order valence-electron chi connectivity index (χ4n) is 0.763. The molecule has 57 valence electrons. The molecule has 4 nitrogen and oxygen atoms in total. The van der Waals surface area contributed by atoms with Gasteiger partial charge in [-0.25, -0.2) is 4.79 Å². The SMILES string of the molecule is COC(=O)N1[CH]COCC1. The Bertz CT molecular complexity index is 120. The second kappa shape index (κ2) is 3.41. The standard InChI is InChI=1S/C6H10NO3/c1-9-6(8)7-2-4-10-5-3-7/h2H,3-5H2,1H3. The number of carbonyl (C=O) groups is 1. The maximum atomic E-state index is 10.8. The fourth-order valence-corrected chi connectivity index (χ4v) is 0.763. The van der Waals surface area contributed by atoms with Crippen LogP contribution < -0.4 is 0 Å². The molecule has 10 heavy (non-hydrogen) atoms. The molecule has 1 aliphatic rings. The Morgan fingerprint density at radius 1 is 1.80 bits per heavy atom. The minimum Gasteiger partial charge on any atom is -0.453 e. The Hall–Kier alpha value is -0.770. The van der Waals surface area contributed by atoms with Gasteiger partial charge in [0.25, 0.3) is 0 Å². The van der Waals surface area contributed by atoms with Crippen LogP contribution in [0.2, 0.25) is 0 Å². The van der Waals surface area contributed by atoms with Crippen molar-refractivity contribution in [1.29, 1.82) is 0 Å². The minimum atomic E-state index is -0.316. The van der Waals surface area contributed by atoms with E-state index in [2.05, 4.69) is 4.74 Å². The molecule has 0 aliphatic carbocycles. The van der Waals surface area contributed by atoms with Crippen LogP contribution >= 0.6 is 0 Å². The number of rotatable bonds is 0. The van der Waals surface area contributed by atoms with Crippen molar-refractivity contribution in [2.24, 2.45) is 0 Å². The van der Waals surface area contributed by atoms with E-state index < -0.39 is 0 Å². The summed E-state index contributed by atoms with van der Waals surface area (Å²) in [6, 6.07) is 0. The van der Waals surface area contributed by atoms with Gasteiger partial charge in [-0.15, -0.1) is 0 Å². The molecule has 0 aromatic carbocycles. The van der Waals surface area contributed by atoms with Gasteiger partial charge in [0.15, 0.2) is 0 Å². The normalized spacial score (nSPS) is 18.7. The largest absolute Gasteiger partial charge is 0.453 e. The van der Waals surface area contributed by atoms with Crippen LogP contribution in [0, 0.1) is 6.54 Å². The number of hydrogen-bond donors (Lipinski definition) is 0. The Morgan fingerprint density at radius 2 is 2.60 bits per heavy atom. The molecule has 1 amide bonds. The third-order valence-corrected chi connectivity index (χ3v) is 1.30. The Labute approximate surface area is 59.7 Å². The third kappa shape index (κ3) is 1.60. The summed E-state index contributed by atoms with van der Waals surface area (Å²) < 4.78 is 9.48. The molecule has 0 saturated carbocycles. The van der Waals surface area contributed by atoms with Crippen molar-refractivity contribution in [2.45, 2.75) is 0 Å². The maximum absolute atomic E-state index is 10.8. The van der Waals surface area contributed by atoms with Crippen molar-refractivity contribution in [3.05, 3.63) is 6.54 Å². The van der Waals surface area contributed by atoms with Crippen LogP contribution in [0.4, 0.5) is 4.79 Å². The number of hydrogen-bond acceptors (Lipinski definition) is 3. The lowest BCUT2D eigenvalue weighted by Crippen LogP contribution is -2.36. The Morgan fingerprint density at radius 3 is 3.10 bits per heavy atom. The van der Waals surface area contributed by atoms with Gasteiger partial charge < -0.3 is 9.47 Å². The van der Waals surface area contributed by atoms with E-state index in [1.54, 1.807) is 6.54 Å². The summed E-state index contributed by atoms with van der Waals surface area (Å²) in [5.41, 5.74) is 0. The van der Waals surface area contributed by atoms with Crippen molar-refractivity contribution in [1.82, 2.24) is 4.90 Å². The second-order valence-electron chi connectivity index (χ2n) is 1.92. The van der Waals surface area contributed by atoms with E-state index in [0.717, 1.165) is 0 Å². The summed E-state index contributed by atoms with van der Waals surface area (Å²) in [5, 5.41) is 0. The maximum Gasteiger partial charge on any atom is 0.409 e. The highest BCUT2D eigenvalue weighted by atomic mass is 16.5. The molecule has 0 aromatic heterocycles. The monoisotopic (exact) mass is 144 g/mol. The number of ether oxygens (including phenoxy) is 2. The smallest absolute Gasteiger partial charge is 0.409 e. The van der Waals surface area contributed by atoms with Crippen LogP contribution in [-0.2, 0) is 9.47 Å². The van der Waals surface area contributed by atoms with E-state index in [1.165, 1.54) is 12.0 Å². The molecule has 1 heterocycles. The average molecular weight is 144 g/mol. The predicted octanol–water partition coefficient (Wildman–Crippen LogP) is 0.247. The lowest BCUT2D eigenvalue weighted by Gasteiger charge is -2.24. The van der Waals surface area contributed by atoms with E-state index >= 15 is 0 Å². The zero-order chi connectivity index (χ0) is 7.40. The number of methoxy groups -OCH3 is 1. The number of nitrogens with zero attached hydrogens (tertiary/aromatic N) is 1. The molecule has 1 radical (unpaired) electrons. The molecule has 1 aliphatic heterocycles. The van der Waals surface area contributed by atoms with E-state index in [9.17, 15) is 4.79 Å². The fraction of sp³-hybridized carbons (Fsp3) is 0.667. The molecule has 0 aromatic rings. The summed E-state index contributed by atoms with van der Waals surface area (Å²) >= 11 is 0. The topological polar surface area (TPSA) is 38.8 Å². The minimum absolute atomic E-state index is 0.316. The van der Waals surface area contributed by atoms with Gasteiger partial charge >= 0.3 is 6.09 Å². The van der Waals surface area contributed by atoms with Crippen molar-refractivity contribution >= 4 is 6.09 Å². The van der Waals surface area contributed by atoms with Crippen LogP contribution in [0.3, 0.4) is 0 Å². The van der Waals surface area contributed by atoms with Crippen molar-refractivity contribution in [3.63, 3.8) is 0 Å². The molecule has 0 spiro atoms. The molecule has 0 unspecified atom stereocenters. The molecule has 1 rings (SSSR count). The summed E-state index contributed by atoms with van der Waals surface area (Å²) in [5.74, 6) is 0. The van der Waals surface area contributed by atoms with Crippen molar-refractivity contribution in [2.75, 3.05) is 26.9 Å². The first-order chi connectivity index (χ1) is 4.84. The summed E-state index contributed by atoms with van der Waals surface area (Å²) in [6.45, 7) is 3.35. The number of morpholine rings is 1. The van der Waals surface area contributed by atoms with Gasteiger partial charge in [-0.2, -0.15) is 0 Å². The number of amides is 1. The summed E-state index contributed by atoms with van der Waals surface area (Å²) in [7, 11) is 1.37. The van der Waals surface area contributed by atoms with E-state index in [4.69, 9.17) is 4.74 Å². The molecule has 4 heteroatoms. The first kappa shape index (κ1) is 7.34. The Balaban J connectivity index is 2.31. The van der Waals surface area contributed by atoms with E-state index in [1.807, 2.05) is 0 Å². The van der Waals surface area contributed by atoms with Crippen LogP contribution in [0.5, 0.6) is 0 Å². The van der Waals surface area contributed by atoms with Crippen molar-refractivity contribution < 1.29 is 14.3 Å². The Kier molecular flexibility index (Phi) is 2.50. The highest BCUT2D eigenvalue weighted by molar-refractivity contribution is 5.68. The summed E-state index contributed by atoms with van der Waals surface area (Å²) in [4.78, 5) is 12.3. The molecule has 0 atom stereocenters. The van der Waals surface area contributed by atoms with Gasteiger partial charge in [0.2, 0.25) is 0 Å². The van der Waals surface area contributed by atoms with Gasteiger partial charge in [-0.1, -0.05) is 0 Å². The van der Waals surface area contributed by atoms with Gasteiger partial charge in [-0.3, -0.25) is 4.90 Å². The van der Waals surface area contributed by atoms with Crippen molar-refractivity contribution in [3.8, 4) is 0 Å². The molecular weight excluding hydrogens is 134 g/mol. The molecule has 1 saturated heterocycles. The van der Waals surface area contributed by atoms with Crippen LogP contribution in [0.1, 0.15) is 0 Å². The quantitative estimate of drug-likeness (QED) is 0.489. The van der Waals surface area contributed by atoms with E-state index in [0.29, 0.717) is 19.8 Å². The predicted molar refractivity (Wildman–Crippen MR) is 34.2 cm³/mol. The van der Waals surface area contributed by atoms with Crippen LogP contribution in [0.25, 0.3) is 0 Å². The average Bonchev–Trinajstić information content (AvgIpc) is 2.05. The van der Waals surface area contributed by atoms with Gasteiger partial charge in [0, 0.05) is 6.54 Å². The highest BCUT2D eigenvalue weighted by Crippen LogP contribution is 2.02. The second-order valence-corrected chi connectivity index (χ2v) is 1.92. The zero-order valence-corrected chi connectivity index (χ0v) is 5.87. The lowest BCUT2D eigenvalue weighted by molar-refractivity contribution is 0.0578. The molecule has 0 bridgehead atoms. The van der Waals surface area contributed by atoms with Gasteiger partial charge in [0.05, 0.1) is 26.9 Å². The first-order valence-electron chi connectivity index (χ1n) is 3.10. The first-order valence-corrected chi connectivity index (χ1v) is 3.10. The summed E-state index contributed by atoms with van der Waals surface area (Å²) in [6.07, 6.45) is -0.316.